The fourth-order valence-corrected chi connectivity index (χ4v) is 2.65. The summed E-state index contributed by atoms with van der Waals surface area (Å²) in [6, 6.07) is 9.80. The topological polar surface area (TPSA) is 88.2 Å². The van der Waals surface area contributed by atoms with Crippen LogP contribution in [-0.4, -0.2) is 27.3 Å². The van der Waals surface area contributed by atoms with E-state index in [4.69, 9.17) is 9.63 Å². The standard InChI is InChI=1S/C15H17N3O3/c19-14(20)11-6-8-12(9-7-11)16-15-17-13(21-18-15)10-4-2-1-3-5-10/h1-5,11-12H,6-9H2,(H,16,18)(H,19,20). The van der Waals surface area contributed by atoms with E-state index >= 15 is 0 Å². The number of carbonyl (C=O) groups is 1. The first-order chi connectivity index (χ1) is 10.2. The molecule has 2 aromatic rings. The molecule has 110 valence electrons. The number of carboxylic acid groups (broad SMARTS) is 1. The zero-order valence-electron chi connectivity index (χ0n) is 11.5. The summed E-state index contributed by atoms with van der Waals surface area (Å²) < 4.78 is 5.23. The minimum absolute atomic E-state index is 0.210. The molecule has 2 N–H and O–H groups in total. The van der Waals surface area contributed by atoms with Crippen LogP contribution < -0.4 is 5.32 Å². The number of nitrogens with one attached hydrogen (secondary N) is 1. The molecule has 1 fully saturated rings. The van der Waals surface area contributed by atoms with Crippen molar-refractivity contribution in [3.8, 4) is 11.5 Å². The van der Waals surface area contributed by atoms with E-state index in [1.54, 1.807) is 0 Å². The Bertz CT molecular complexity index is 604. The highest BCUT2D eigenvalue weighted by molar-refractivity contribution is 5.70. The average Bonchev–Trinajstić information content (AvgIpc) is 2.97. The van der Waals surface area contributed by atoms with Gasteiger partial charge in [-0.15, -0.1) is 0 Å². The van der Waals surface area contributed by atoms with Crippen molar-refractivity contribution < 1.29 is 14.4 Å². The van der Waals surface area contributed by atoms with Crippen LogP contribution in [0.1, 0.15) is 25.7 Å². The van der Waals surface area contributed by atoms with E-state index in [2.05, 4.69) is 15.5 Å². The maximum Gasteiger partial charge on any atom is 0.306 e. The van der Waals surface area contributed by atoms with Crippen molar-refractivity contribution in [1.82, 2.24) is 10.1 Å². The van der Waals surface area contributed by atoms with Gasteiger partial charge in [-0.1, -0.05) is 18.2 Å². The molecule has 0 amide bonds. The Kier molecular flexibility index (Phi) is 3.85. The summed E-state index contributed by atoms with van der Waals surface area (Å²) in [5.41, 5.74) is 0.882. The van der Waals surface area contributed by atoms with Crippen molar-refractivity contribution in [1.29, 1.82) is 0 Å². The molecule has 3 rings (SSSR count). The second-order valence-corrected chi connectivity index (χ2v) is 5.32. The summed E-state index contributed by atoms with van der Waals surface area (Å²) >= 11 is 0. The number of nitrogens with zero attached hydrogens (tertiary/aromatic N) is 2. The maximum atomic E-state index is 10.9. The molecule has 0 unspecified atom stereocenters. The molecule has 1 heterocycles. The highest BCUT2D eigenvalue weighted by Crippen LogP contribution is 2.26. The van der Waals surface area contributed by atoms with Crippen LogP contribution >= 0.6 is 0 Å². The summed E-state index contributed by atoms with van der Waals surface area (Å²) in [6.07, 6.45) is 3.01. The second-order valence-electron chi connectivity index (χ2n) is 5.32. The monoisotopic (exact) mass is 287 g/mol. The zero-order valence-corrected chi connectivity index (χ0v) is 11.5. The lowest BCUT2D eigenvalue weighted by Gasteiger charge is -2.26. The van der Waals surface area contributed by atoms with Crippen LogP contribution in [0.4, 0.5) is 5.95 Å². The Morgan fingerprint density at radius 3 is 2.57 bits per heavy atom. The van der Waals surface area contributed by atoms with E-state index in [1.165, 1.54) is 0 Å². The van der Waals surface area contributed by atoms with Crippen molar-refractivity contribution in [3.05, 3.63) is 30.3 Å². The Hall–Kier alpha value is -2.37. The van der Waals surface area contributed by atoms with Gasteiger partial charge in [0.05, 0.1) is 5.92 Å². The normalized spacial score (nSPS) is 21.9. The first-order valence-corrected chi connectivity index (χ1v) is 7.11. The van der Waals surface area contributed by atoms with E-state index in [9.17, 15) is 4.79 Å². The molecule has 6 heteroatoms. The lowest BCUT2D eigenvalue weighted by Crippen LogP contribution is -2.29. The number of benzene rings is 1. The molecule has 0 aliphatic heterocycles. The molecular formula is C15H17N3O3. The summed E-state index contributed by atoms with van der Waals surface area (Å²) in [6.45, 7) is 0. The number of carboxylic acids is 1. The van der Waals surface area contributed by atoms with Crippen LogP contribution in [-0.2, 0) is 4.79 Å². The highest BCUT2D eigenvalue weighted by atomic mass is 16.5. The van der Waals surface area contributed by atoms with Crippen LogP contribution in [0.25, 0.3) is 11.5 Å². The Balaban J connectivity index is 1.60. The molecule has 1 aliphatic rings. The first-order valence-electron chi connectivity index (χ1n) is 7.11. The van der Waals surface area contributed by atoms with Crippen LogP contribution in [0, 0.1) is 5.92 Å². The molecule has 1 saturated carbocycles. The summed E-state index contributed by atoms with van der Waals surface area (Å²) in [5.74, 6) is 0.0394. The fraction of sp³-hybridized carbons (Fsp3) is 0.400. The van der Waals surface area contributed by atoms with Gasteiger partial charge in [-0.05, 0) is 43.0 Å². The van der Waals surface area contributed by atoms with Gasteiger partial charge >= 0.3 is 5.97 Å². The number of anilines is 1. The van der Waals surface area contributed by atoms with Crippen LogP contribution in [0.5, 0.6) is 0 Å². The molecule has 6 nitrogen and oxygen atoms in total. The summed E-state index contributed by atoms with van der Waals surface area (Å²) in [5, 5.41) is 16.1. The Morgan fingerprint density at radius 2 is 1.90 bits per heavy atom. The van der Waals surface area contributed by atoms with Gasteiger partial charge < -0.3 is 14.9 Å². The predicted octanol–water partition coefficient (Wildman–Crippen LogP) is 2.79. The van der Waals surface area contributed by atoms with Crippen LogP contribution in [0.15, 0.2) is 34.9 Å². The number of aromatic nitrogens is 2. The molecule has 1 aromatic heterocycles. The number of aliphatic carboxylic acids is 1. The van der Waals surface area contributed by atoms with Crippen molar-refractivity contribution in [2.24, 2.45) is 5.92 Å². The van der Waals surface area contributed by atoms with Gasteiger partial charge in [0.1, 0.15) is 0 Å². The SMILES string of the molecule is O=C(O)C1CCC(Nc2noc(-c3ccccc3)n2)CC1. The smallest absolute Gasteiger partial charge is 0.306 e. The van der Waals surface area contributed by atoms with Gasteiger partial charge in [-0.2, -0.15) is 4.98 Å². The zero-order chi connectivity index (χ0) is 14.7. The van der Waals surface area contributed by atoms with Gasteiger partial charge in [0.15, 0.2) is 0 Å². The lowest BCUT2D eigenvalue weighted by atomic mass is 9.86. The van der Waals surface area contributed by atoms with Gasteiger partial charge in [0, 0.05) is 11.6 Å². The number of hydrogen-bond donors (Lipinski definition) is 2. The molecule has 0 atom stereocenters. The van der Waals surface area contributed by atoms with Crippen molar-refractivity contribution >= 4 is 11.9 Å². The molecule has 0 bridgehead atoms. The molecule has 1 aliphatic carbocycles. The third-order valence-corrected chi connectivity index (χ3v) is 3.86. The largest absolute Gasteiger partial charge is 0.481 e. The Labute approximate surface area is 122 Å². The van der Waals surface area contributed by atoms with E-state index < -0.39 is 5.97 Å². The van der Waals surface area contributed by atoms with E-state index in [-0.39, 0.29) is 12.0 Å². The molecular weight excluding hydrogens is 270 g/mol. The summed E-state index contributed by atoms with van der Waals surface area (Å²) in [7, 11) is 0. The molecule has 0 spiro atoms. The maximum absolute atomic E-state index is 10.9. The first kappa shape index (κ1) is 13.6. The van der Waals surface area contributed by atoms with Gasteiger partial charge in [0.25, 0.3) is 11.8 Å². The second kappa shape index (κ2) is 5.95. The molecule has 1 aromatic carbocycles. The molecule has 0 saturated heterocycles. The van der Waals surface area contributed by atoms with Gasteiger partial charge in [-0.25, -0.2) is 0 Å². The molecule has 21 heavy (non-hydrogen) atoms. The highest BCUT2D eigenvalue weighted by Gasteiger charge is 2.26. The summed E-state index contributed by atoms with van der Waals surface area (Å²) in [4.78, 5) is 15.2. The third kappa shape index (κ3) is 3.21. The third-order valence-electron chi connectivity index (χ3n) is 3.86. The number of rotatable bonds is 4. The minimum atomic E-state index is -0.695. The van der Waals surface area contributed by atoms with E-state index in [1.807, 2.05) is 30.3 Å². The minimum Gasteiger partial charge on any atom is -0.481 e. The van der Waals surface area contributed by atoms with Gasteiger partial charge in [-0.3, -0.25) is 4.79 Å². The average molecular weight is 287 g/mol. The number of hydrogen-bond acceptors (Lipinski definition) is 5. The van der Waals surface area contributed by atoms with Crippen molar-refractivity contribution in [2.45, 2.75) is 31.7 Å². The molecule has 0 radical (unpaired) electrons. The van der Waals surface area contributed by atoms with E-state index in [0.29, 0.717) is 24.7 Å². The predicted molar refractivity (Wildman–Crippen MR) is 76.7 cm³/mol. The van der Waals surface area contributed by atoms with Crippen molar-refractivity contribution in [3.63, 3.8) is 0 Å². The Morgan fingerprint density at radius 1 is 1.19 bits per heavy atom. The van der Waals surface area contributed by atoms with Crippen LogP contribution in [0.2, 0.25) is 0 Å². The van der Waals surface area contributed by atoms with Crippen molar-refractivity contribution in [2.75, 3.05) is 5.32 Å². The lowest BCUT2D eigenvalue weighted by molar-refractivity contribution is -0.142. The van der Waals surface area contributed by atoms with Crippen LogP contribution in [0.3, 0.4) is 0 Å². The fourth-order valence-electron chi connectivity index (χ4n) is 2.65. The van der Waals surface area contributed by atoms with E-state index in [0.717, 1.165) is 18.4 Å². The quantitative estimate of drug-likeness (QED) is 0.899. The van der Waals surface area contributed by atoms with Gasteiger partial charge in [0.2, 0.25) is 0 Å².